The maximum Gasteiger partial charge on any atom is 0.253 e. The van der Waals surface area contributed by atoms with E-state index in [1.807, 2.05) is 13.8 Å². The van der Waals surface area contributed by atoms with Crippen LogP contribution in [0.5, 0.6) is 0 Å². The Labute approximate surface area is 96.5 Å². The van der Waals surface area contributed by atoms with Gasteiger partial charge in [-0.1, -0.05) is 20.8 Å². The van der Waals surface area contributed by atoms with Crippen molar-refractivity contribution in [3.63, 3.8) is 0 Å². The largest absolute Gasteiger partial charge is 0.352 e. The lowest BCUT2D eigenvalue weighted by atomic mass is 10.1. The highest BCUT2D eigenvalue weighted by molar-refractivity contribution is 5.95. The summed E-state index contributed by atoms with van der Waals surface area (Å²) in [4.78, 5) is 11.9. The van der Waals surface area contributed by atoms with E-state index in [1.165, 1.54) is 0 Å². The molecule has 1 aromatic heterocycles. The van der Waals surface area contributed by atoms with Crippen molar-refractivity contribution in [2.24, 2.45) is 5.92 Å². The summed E-state index contributed by atoms with van der Waals surface area (Å²) in [5.74, 6) is 0.397. The molecule has 0 atom stereocenters. The minimum atomic E-state index is -0.0523. The van der Waals surface area contributed by atoms with Crippen molar-refractivity contribution < 1.29 is 4.79 Å². The molecule has 0 saturated heterocycles. The molecule has 4 nitrogen and oxygen atoms in total. The quantitative estimate of drug-likeness (QED) is 0.842. The van der Waals surface area contributed by atoms with Crippen LogP contribution >= 0.6 is 0 Å². The molecule has 0 aromatic carbocycles. The van der Waals surface area contributed by atoms with E-state index in [0.717, 1.165) is 17.8 Å². The summed E-state index contributed by atoms with van der Waals surface area (Å²) in [5.41, 5.74) is 2.18. The molecule has 0 saturated carbocycles. The van der Waals surface area contributed by atoms with Gasteiger partial charge >= 0.3 is 0 Å². The molecule has 1 N–H and O–H groups in total. The van der Waals surface area contributed by atoms with Gasteiger partial charge < -0.3 is 5.32 Å². The van der Waals surface area contributed by atoms with Crippen LogP contribution in [-0.2, 0) is 6.42 Å². The molecular weight excluding hydrogens is 202 g/mol. The molecule has 88 valence electrons. The van der Waals surface area contributed by atoms with Gasteiger partial charge in [0.15, 0.2) is 0 Å². The summed E-state index contributed by atoms with van der Waals surface area (Å²) >= 11 is 0. The summed E-state index contributed by atoms with van der Waals surface area (Å²) in [7, 11) is 0. The highest BCUT2D eigenvalue weighted by Gasteiger charge is 2.12. The van der Waals surface area contributed by atoms with E-state index in [2.05, 4.69) is 29.4 Å². The van der Waals surface area contributed by atoms with E-state index in [0.29, 0.717) is 18.0 Å². The van der Waals surface area contributed by atoms with Gasteiger partial charge in [0, 0.05) is 6.54 Å². The zero-order valence-corrected chi connectivity index (χ0v) is 10.4. The second-order valence-electron chi connectivity index (χ2n) is 4.30. The topological polar surface area (TPSA) is 54.9 Å². The molecule has 0 aliphatic rings. The molecule has 0 bridgehead atoms. The highest BCUT2D eigenvalue weighted by Crippen LogP contribution is 2.07. The normalized spacial score (nSPS) is 10.6. The second kappa shape index (κ2) is 5.58. The zero-order chi connectivity index (χ0) is 12.1. The maximum absolute atomic E-state index is 11.9. The van der Waals surface area contributed by atoms with Crippen molar-refractivity contribution in [3.05, 3.63) is 23.0 Å². The smallest absolute Gasteiger partial charge is 0.253 e. The van der Waals surface area contributed by atoms with Gasteiger partial charge in [-0.25, -0.2) is 0 Å². The van der Waals surface area contributed by atoms with Gasteiger partial charge in [0.2, 0.25) is 0 Å². The van der Waals surface area contributed by atoms with E-state index in [-0.39, 0.29) is 5.91 Å². The Kier molecular flexibility index (Phi) is 4.40. The summed E-state index contributed by atoms with van der Waals surface area (Å²) in [6.07, 6.45) is 0.720. The fraction of sp³-hybridized carbons (Fsp3) is 0.583. The van der Waals surface area contributed by atoms with Gasteiger partial charge in [-0.15, -0.1) is 0 Å². The summed E-state index contributed by atoms with van der Waals surface area (Å²) in [6.45, 7) is 8.63. The Hall–Kier alpha value is -1.45. The van der Waals surface area contributed by atoms with E-state index in [9.17, 15) is 4.79 Å². The average Bonchev–Trinajstić information content (AvgIpc) is 2.25. The van der Waals surface area contributed by atoms with Crippen molar-refractivity contribution >= 4 is 5.91 Å². The van der Waals surface area contributed by atoms with Crippen LogP contribution in [0.1, 0.15) is 42.5 Å². The Morgan fingerprint density at radius 2 is 2.12 bits per heavy atom. The number of amides is 1. The van der Waals surface area contributed by atoms with Gasteiger partial charge in [0.25, 0.3) is 5.91 Å². The molecule has 1 heterocycles. The molecule has 0 spiro atoms. The SMILES string of the molecule is CCc1nnc(C)cc1C(=O)NCC(C)C. The van der Waals surface area contributed by atoms with Crippen molar-refractivity contribution in [1.29, 1.82) is 0 Å². The zero-order valence-electron chi connectivity index (χ0n) is 10.4. The first kappa shape index (κ1) is 12.6. The number of aryl methyl sites for hydroxylation is 2. The Morgan fingerprint density at radius 3 is 2.69 bits per heavy atom. The molecule has 1 aromatic rings. The van der Waals surface area contributed by atoms with Gasteiger partial charge in [-0.3, -0.25) is 4.79 Å². The van der Waals surface area contributed by atoms with Crippen LogP contribution in [-0.4, -0.2) is 22.6 Å². The van der Waals surface area contributed by atoms with Crippen LogP contribution in [0.2, 0.25) is 0 Å². The van der Waals surface area contributed by atoms with Crippen LogP contribution < -0.4 is 5.32 Å². The number of nitrogens with one attached hydrogen (secondary N) is 1. The van der Waals surface area contributed by atoms with Gasteiger partial charge in [-0.2, -0.15) is 10.2 Å². The molecule has 4 heteroatoms. The number of hydrogen-bond acceptors (Lipinski definition) is 3. The van der Waals surface area contributed by atoms with Crippen molar-refractivity contribution in [3.8, 4) is 0 Å². The number of nitrogens with zero attached hydrogens (tertiary/aromatic N) is 2. The molecule has 0 aliphatic carbocycles. The van der Waals surface area contributed by atoms with E-state index < -0.39 is 0 Å². The van der Waals surface area contributed by atoms with E-state index in [1.54, 1.807) is 6.07 Å². The Bertz CT molecular complexity index is 375. The average molecular weight is 221 g/mol. The molecule has 16 heavy (non-hydrogen) atoms. The van der Waals surface area contributed by atoms with Crippen LogP contribution in [0.3, 0.4) is 0 Å². The number of carbonyl (C=O) groups is 1. The third kappa shape index (κ3) is 3.29. The third-order valence-electron chi connectivity index (χ3n) is 2.24. The van der Waals surface area contributed by atoms with Crippen LogP contribution in [0.15, 0.2) is 6.07 Å². The monoisotopic (exact) mass is 221 g/mol. The molecule has 1 amide bonds. The Balaban J connectivity index is 2.84. The summed E-state index contributed by atoms with van der Waals surface area (Å²) < 4.78 is 0. The molecule has 0 unspecified atom stereocenters. The molecule has 0 radical (unpaired) electrons. The lowest BCUT2D eigenvalue weighted by Gasteiger charge is -2.10. The minimum Gasteiger partial charge on any atom is -0.352 e. The van der Waals surface area contributed by atoms with Crippen molar-refractivity contribution in [2.75, 3.05) is 6.54 Å². The molecule has 0 fully saturated rings. The summed E-state index contributed by atoms with van der Waals surface area (Å²) in [6, 6.07) is 1.79. The first-order valence-electron chi connectivity index (χ1n) is 5.66. The maximum atomic E-state index is 11.9. The molecule has 0 aliphatic heterocycles. The number of rotatable bonds is 4. The van der Waals surface area contributed by atoms with Gasteiger partial charge in [-0.05, 0) is 25.3 Å². The number of hydrogen-bond donors (Lipinski definition) is 1. The highest BCUT2D eigenvalue weighted by atomic mass is 16.1. The first-order chi connectivity index (χ1) is 7.54. The van der Waals surface area contributed by atoms with Crippen molar-refractivity contribution in [1.82, 2.24) is 15.5 Å². The standard InChI is InChI=1S/C12H19N3O/c1-5-11-10(6-9(4)14-15-11)12(16)13-7-8(2)3/h6,8H,5,7H2,1-4H3,(H,13,16). The minimum absolute atomic E-state index is 0.0523. The lowest BCUT2D eigenvalue weighted by Crippen LogP contribution is -2.28. The van der Waals surface area contributed by atoms with Crippen LogP contribution in [0.4, 0.5) is 0 Å². The third-order valence-corrected chi connectivity index (χ3v) is 2.24. The predicted octanol–water partition coefficient (Wildman–Crippen LogP) is 1.73. The number of aromatic nitrogens is 2. The Morgan fingerprint density at radius 1 is 1.44 bits per heavy atom. The van der Waals surface area contributed by atoms with Crippen LogP contribution in [0, 0.1) is 12.8 Å². The van der Waals surface area contributed by atoms with Crippen LogP contribution in [0.25, 0.3) is 0 Å². The van der Waals surface area contributed by atoms with Gasteiger partial charge in [0.05, 0.1) is 17.0 Å². The molecular formula is C12H19N3O. The second-order valence-corrected chi connectivity index (χ2v) is 4.30. The predicted molar refractivity (Wildman–Crippen MR) is 63.3 cm³/mol. The van der Waals surface area contributed by atoms with Crippen molar-refractivity contribution in [2.45, 2.75) is 34.1 Å². The van der Waals surface area contributed by atoms with E-state index in [4.69, 9.17) is 0 Å². The van der Waals surface area contributed by atoms with E-state index >= 15 is 0 Å². The first-order valence-corrected chi connectivity index (χ1v) is 5.66. The lowest BCUT2D eigenvalue weighted by molar-refractivity contribution is 0.0947. The fourth-order valence-corrected chi connectivity index (χ4v) is 1.36. The molecule has 1 rings (SSSR count). The van der Waals surface area contributed by atoms with Gasteiger partial charge in [0.1, 0.15) is 0 Å². The fourth-order valence-electron chi connectivity index (χ4n) is 1.36. The summed E-state index contributed by atoms with van der Waals surface area (Å²) in [5, 5.41) is 10.9. The number of carbonyl (C=O) groups excluding carboxylic acids is 1.